The minimum atomic E-state index is -3.63. The lowest BCUT2D eigenvalue weighted by molar-refractivity contribution is 0.477. The number of nitrogens with one attached hydrogen (secondary N) is 3. The molecule has 1 aliphatic rings. The number of benzene rings is 1. The Kier molecular flexibility index (Phi) is 3.99. The molecule has 2 atom stereocenters. The zero-order chi connectivity index (χ0) is 13.2. The van der Waals surface area contributed by atoms with E-state index in [1.54, 1.807) is 12.1 Å². The molecule has 2 rings (SSSR count). The van der Waals surface area contributed by atoms with Crippen molar-refractivity contribution in [3.05, 3.63) is 28.7 Å². The first-order valence-corrected chi connectivity index (χ1v) is 7.46. The Morgan fingerprint density at radius 1 is 1.39 bits per heavy atom. The average Bonchev–Trinajstić information content (AvgIpc) is 2.76. The van der Waals surface area contributed by atoms with E-state index in [-0.39, 0.29) is 4.90 Å². The summed E-state index contributed by atoms with van der Waals surface area (Å²) in [4.78, 5) is 0.163. The van der Waals surface area contributed by atoms with E-state index in [1.807, 2.05) is 6.07 Å². The summed E-state index contributed by atoms with van der Waals surface area (Å²) in [6.07, 6.45) is -0.622. The van der Waals surface area contributed by atoms with E-state index in [0.717, 1.165) is 4.47 Å². The highest BCUT2D eigenvalue weighted by Gasteiger charge is 2.30. The number of nitrogens with zero attached hydrogens (tertiary/aromatic N) is 1. The second-order valence-electron chi connectivity index (χ2n) is 3.81. The van der Waals surface area contributed by atoms with E-state index < -0.39 is 22.1 Å². The van der Waals surface area contributed by atoms with Gasteiger partial charge in [0.05, 0.1) is 16.9 Å². The fourth-order valence-electron chi connectivity index (χ4n) is 1.58. The highest BCUT2D eigenvalue weighted by Crippen LogP contribution is 2.16. The smallest absolute Gasteiger partial charge is 0.241 e. The predicted octanol–water partition coefficient (Wildman–Crippen LogP) is 0.301. The van der Waals surface area contributed by atoms with Crippen molar-refractivity contribution in [1.29, 1.82) is 5.26 Å². The lowest BCUT2D eigenvalue weighted by atomic mass is 10.1. The molecule has 1 aromatic rings. The first-order chi connectivity index (χ1) is 8.53. The van der Waals surface area contributed by atoms with Gasteiger partial charge in [0.25, 0.3) is 0 Å². The fraction of sp³-hybridized carbons (Fsp3) is 0.300. The van der Waals surface area contributed by atoms with E-state index in [1.165, 1.54) is 12.1 Å². The van der Waals surface area contributed by atoms with Crippen LogP contribution in [-0.4, -0.2) is 21.1 Å². The van der Waals surface area contributed by atoms with Gasteiger partial charge in [-0.15, -0.1) is 0 Å². The van der Waals surface area contributed by atoms with Crippen molar-refractivity contribution in [2.24, 2.45) is 5.92 Å². The number of hydrazine groups is 1. The molecule has 0 spiro atoms. The zero-order valence-electron chi connectivity index (χ0n) is 9.22. The summed E-state index contributed by atoms with van der Waals surface area (Å²) in [5.74, 6) is -0.435. The molecule has 1 aliphatic heterocycles. The molecule has 1 heterocycles. The van der Waals surface area contributed by atoms with Crippen molar-refractivity contribution in [3.63, 3.8) is 0 Å². The number of nitriles is 1. The number of rotatable bonds is 3. The van der Waals surface area contributed by atoms with Crippen molar-refractivity contribution in [3.8, 4) is 6.07 Å². The normalized spacial score (nSPS) is 23.8. The second kappa shape index (κ2) is 5.34. The van der Waals surface area contributed by atoms with Crippen LogP contribution in [-0.2, 0) is 10.0 Å². The van der Waals surface area contributed by atoms with Gasteiger partial charge < -0.3 is 0 Å². The van der Waals surface area contributed by atoms with Gasteiger partial charge >= 0.3 is 0 Å². The summed E-state index contributed by atoms with van der Waals surface area (Å²) in [6.45, 7) is 0.407. The SMILES string of the molecule is N#CC1CNNC1NS(=O)(=O)c1ccc(Br)cc1. The molecule has 1 saturated heterocycles. The van der Waals surface area contributed by atoms with Gasteiger partial charge in [-0.05, 0) is 24.3 Å². The van der Waals surface area contributed by atoms with Crippen LogP contribution in [0.4, 0.5) is 0 Å². The van der Waals surface area contributed by atoms with Crippen LogP contribution in [0.5, 0.6) is 0 Å². The molecule has 0 saturated carbocycles. The maximum absolute atomic E-state index is 12.1. The number of hydrogen-bond acceptors (Lipinski definition) is 5. The first kappa shape index (κ1) is 13.5. The van der Waals surface area contributed by atoms with Crippen molar-refractivity contribution in [2.45, 2.75) is 11.1 Å². The standard InChI is InChI=1S/C10H11BrN4O2S/c11-8-1-3-9(4-2-8)18(16,17)15-10-7(5-12)6-13-14-10/h1-4,7,10,13-15H,6H2. The Morgan fingerprint density at radius 3 is 2.67 bits per heavy atom. The van der Waals surface area contributed by atoms with Crippen LogP contribution in [0.25, 0.3) is 0 Å². The second-order valence-corrected chi connectivity index (χ2v) is 6.44. The number of sulfonamides is 1. The molecule has 6 nitrogen and oxygen atoms in total. The zero-order valence-corrected chi connectivity index (χ0v) is 11.6. The number of hydrogen-bond donors (Lipinski definition) is 3. The molecule has 3 N–H and O–H groups in total. The molecule has 18 heavy (non-hydrogen) atoms. The summed E-state index contributed by atoms with van der Waals surface area (Å²) >= 11 is 3.24. The topological polar surface area (TPSA) is 94.0 Å². The lowest BCUT2D eigenvalue weighted by Crippen LogP contribution is -2.46. The van der Waals surface area contributed by atoms with Gasteiger partial charge in [0.1, 0.15) is 6.17 Å². The summed E-state index contributed by atoms with van der Waals surface area (Å²) in [6, 6.07) is 8.33. The molecular weight excluding hydrogens is 320 g/mol. The summed E-state index contributed by atoms with van der Waals surface area (Å²) in [5, 5.41) is 8.87. The Hall–Kier alpha value is -0.980. The Bertz CT molecular complexity index is 567. The molecule has 1 aromatic carbocycles. The van der Waals surface area contributed by atoms with Gasteiger partial charge in [0, 0.05) is 11.0 Å². The largest absolute Gasteiger partial charge is 0.255 e. The molecule has 2 unspecified atom stereocenters. The van der Waals surface area contributed by atoms with Crippen molar-refractivity contribution < 1.29 is 8.42 Å². The van der Waals surface area contributed by atoms with Crippen molar-refractivity contribution >= 4 is 26.0 Å². The number of halogens is 1. The molecular formula is C10H11BrN4O2S. The van der Waals surface area contributed by atoms with Crippen LogP contribution in [0.1, 0.15) is 0 Å². The quantitative estimate of drug-likeness (QED) is 0.741. The predicted molar refractivity (Wildman–Crippen MR) is 68.5 cm³/mol. The van der Waals surface area contributed by atoms with E-state index in [0.29, 0.717) is 6.54 Å². The highest BCUT2D eigenvalue weighted by atomic mass is 79.9. The monoisotopic (exact) mass is 330 g/mol. The van der Waals surface area contributed by atoms with Gasteiger partial charge in [-0.2, -0.15) is 9.98 Å². The van der Waals surface area contributed by atoms with Gasteiger partial charge in [0.15, 0.2) is 0 Å². The van der Waals surface area contributed by atoms with Crippen molar-refractivity contribution in [1.82, 2.24) is 15.6 Å². The Morgan fingerprint density at radius 2 is 2.06 bits per heavy atom. The van der Waals surface area contributed by atoms with Gasteiger partial charge in [0.2, 0.25) is 10.0 Å². The molecule has 0 amide bonds. The van der Waals surface area contributed by atoms with Gasteiger partial charge in [-0.1, -0.05) is 15.9 Å². The third-order valence-corrected chi connectivity index (χ3v) is 4.54. The van der Waals surface area contributed by atoms with E-state index in [4.69, 9.17) is 5.26 Å². The first-order valence-electron chi connectivity index (χ1n) is 5.19. The van der Waals surface area contributed by atoms with E-state index >= 15 is 0 Å². The van der Waals surface area contributed by atoms with Crippen LogP contribution in [0.15, 0.2) is 33.6 Å². The summed E-state index contributed by atoms with van der Waals surface area (Å²) in [7, 11) is -3.63. The third-order valence-electron chi connectivity index (χ3n) is 2.55. The molecule has 0 aromatic heterocycles. The Balaban J connectivity index is 2.17. The van der Waals surface area contributed by atoms with E-state index in [2.05, 4.69) is 31.5 Å². The minimum absolute atomic E-state index is 0.163. The van der Waals surface area contributed by atoms with Crippen LogP contribution in [0.2, 0.25) is 0 Å². The average molecular weight is 331 g/mol. The van der Waals surface area contributed by atoms with E-state index in [9.17, 15) is 8.42 Å². The molecule has 0 radical (unpaired) electrons. The maximum Gasteiger partial charge on any atom is 0.241 e. The fourth-order valence-corrected chi connectivity index (χ4v) is 3.03. The van der Waals surface area contributed by atoms with Crippen LogP contribution in [0.3, 0.4) is 0 Å². The summed E-state index contributed by atoms with van der Waals surface area (Å²) < 4.78 is 27.4. The van der Waals surface area contributed by atoms with Gasteiger partial charge in [-0.25, -0.2) is 13.8 Å². The molecule has 96 valence electrons. The van der Waals surface area contributed by atoms with Gasteiger partial charge in [-0.3, -0.25) is 5.43 Å². The molecule has 1 fully saturated rings. The molecule has 0 aliphatic carbocycles. The third kappa shape index (κ3) is 2.88. The Labute approximate surface area is 114 Å². The molecule has 0 bridgehead atoms. The maximum atomic E-state index is 12.1. The molecule has 8 heteroatoms. The highest BCUT2D eigenvalue weighted by molar-refractivity contribution is 9.10. The van der Waals surface area contributed by atoms with Crippen LogP contribution in [0, 0.1) is 17.2 Å². The van der Waals surface area contributed by atoms with Crippen molar-refractivity contribution in [2.75, 3.05) is 6.54 Å². The van der Waals surface area contributed by atoms with Crippen LogP contribution >= 0.6 is 15.9 Å². The lowest BCUT2D eigenvalue weighted by Gasteiger charge is -2.15. The van der Waals surface area contributed by atoms with Crippen LogP contribution < -0.4 is 15.6 Å². The summed E-state index contributed by atoms with van der Waals surface area (Å²) in [5.41, 5.74) is 5.47. The minimum Gasteiger partial charge on any atom is -0.255 e.